The molecule has 2 aliphatic heterocycles. The Morgan fingerprint density at radius 3 is 3.14 bits per heavy atom. The summed E-state index contributed by atoms with van der Waals surface area (Å²) >= 11 is 0. The van der Waals surface area contributed by atoms with Crippen LogP contribution >= 0.6 is 0 Å². The summed E-state index contributed by atoms with van der Waals surface area (Å²) in [6.07, 6.45) is 5.81. The second kappa shape index (κ2) is 7.67. The Kier molecular flexibility index (Phi) is 5.37. The molecule has 0 spiro atoms. The van der Waals surface area contributed by atoms with Gasteiger partial charge in [0.15, 0.2) is 0 Å². The molecule has 0 aromatic carbocycles. The number of carbonyl (C=O) groups excluding carboxylic acids is 1. The molecule has 3 unspecified atom stereocenters. The van der Waals surface area contributed by atoms with Crippen molar-refractivity contribution in [3.8, 4) is 0 Å². The van der Waals surface area contributed by atoms with Gasteiger partial charge >= 0.3 is 0 Å². The first-order valence-corrected chi connectivity index (χ1v) is 8.10. The van der Waals surface area contributed by atoms with Crippen LogP contribution in [0.15, 0.2) is 24.4 Å². The molecule has 0 saturated carbocycles. The number of hydrogen-bond acceptors (Lipinski definition) is 5. The quantitative estimate of drug-likeness (QED) is 0.682. The minimum atomic E-state index is -0.193. The Morgan fingerprint density at radius 2 is 2.36 bits per heavy atom. The van der Waals surface area contributed by atoms with Gasteiger partial charge in [-0.25, -0.2) is 10.9 Å². The third-order valence-electron chi connectivity index (χ3n) is 4.38. The lowest BCUT2D eigenvalue weighted by Crippen LogP contribution is -2.43. The number of pyridine rings is 1. The van der Waals surface area contributed by atoms with Gasteiger partial charge in [-0.15, -0.1) is 0 Å². The first kappa shape index (κ1) is 15.4. The summed E-state index contributed by atoms with van der Waals surface area (Å²) in [5.41, 5.74) is 7.18. The van der Waals surface area contributed by atoms with E-state index in [2.05, 4.69) is 21.2 Å². The van der Waals surface area contributed by atoms with E-state index in [1.807, 2.05) is 18.2 Å². The van der Waals surface area contributed by atoms with Crippen molar-refractivity contribution in [1.29, 1.82) is 0 Å². The molecule has 3 rings (SSSR count). The predicted molar refractivity (Wildman–Crippen MR) is 82.8 cm³/mol. The molecule has 0 bridgehead atoms. The molecule has 2 fully saturated rings. The number of rotatable bonds is 6. The summed E-state index contributed by atoms with van der Waals surface area (Å²) in [4.78, 5) is 16.5. The third kappa shape index (κ3) is 4.03. The van der Waals surface area contributed by atoms with E-state index in [1.165, 1.54) is 0 Å². The van der Waals surface area contributed by atoms with Gasteiger partial charge in [-0.2, -0.15) is 0 Å². The smallest absolute Gasteiger partial charge is 0.238 e. The fourth-order valence-electron chi connectivity index (χ4n) is 3.04. The number of ether oxygens (including phenoxy) is 1. The SMILES string of the molecule is O=C(NCCCC1CCOC1)C1CC(c2ccccn2)NN1. The minimum absolute atomic E-state index is 0.0635. The molecule has 0 radical (unpaired) electrons. The molecule has 3 N–H and O–H groups in total. The van der Waals surface area contributed by atoms with Crippen molar-refractivity contribution in [1.82, 2.24) is 21.2 Å². The number of carbonyl (C=O) groups is 1. The third-order valence-corrected chi connectivity index (χ3v) is 4.38. The topological polar surface area (TPSA) is 75.3 Å². The number of hydrazine groups is 1. The van der Waals surface area contributed by atoms with Gasteiger partial charge < -0.3 is 10.1 Å². The molecular formula is C16H24N4O2. The van der Waals surface area contributed by atoms with Crippen LogP contribution in [0.4, 0.5) is 0 Å². The molecule has 1 aromatic heterocycles. The van der Waals surface area contributed by atoms with E-state index in [0.717, 1.165) is 51.1 Å². The highest BCUT2D eigenvalue weighted by Crippen LogP contribution is 2.20. The van der Waals surface area contributed by atoms with E-state index < -0.39 is 0 Å². The fourth-order valence-corrected chi connectivity index (χ4v) is 3.04. The van der Waals surface area contributed by atoms with Crippen LogP contribution in [0.5, 0.6) is 0 Å². The average Bonchev–Trinajstić information content (AvgIpc) is 3.24. The van der Waals surface area contributed by atoms with E-state index >= 15 is 0 Å². The van der Waals surface area contributed by atoms with Gasteiger partial charge in [-0.1, -0.05) is 6.07 Å². The summed E-state index contributed by atoms with van der Waals surface area (Å²) in [5.74, 6) is 0.741. The average molecular weight is 304 g/mol. The fraction of sp³-hybridized carbons (Fsp3) is 0.625. The largest absolute Gasteiger partial charge is 0.381 e. The van der Waals surface area contributed by atoms with Gasteiger partial charge in [0.25, 0.3) is 0 Å². The Bertz CT molecular complexity index is 476. The van der Waals surface area contributed by atoms with Crippen LogP contribution < -0.4 is 16.2 Å². The number of nitrogens with zero attached hydrogens (tertiary/aromatic N) is 1. The van der Waals surface area contributed by atoms with Crippen LogP contribution in [0.2, 0.25) is 0 Å². The number of nitrogens with one attached hydrogen (secondary N) is 3. The van der Waals surface area contributed by atoms with Crippen molar-refractivity contribution >= 4 is 5.91 Å². The highest BCUT2D eigenvalue weighted by atomic mass is 16.5. The maximum absolute atomic E-state index is 12.2. The van der Waals surface area contributed by atoms with E-state index in [-0.39, 0.29) is 18.0 Å². The van der Waals surface area contributed by atoms with Gasteiger partial charge in [0.1, 0.15) is 6.04 Å². The summed E-state index contributed by atoms with van der Waals surface area (Å²) in [7, 11) is 0. The Balaban J connectivity index is 1.36. The zero-order valence-corrected chi connectivity index (χ0v) is 12.8. The highest BCUT2D eigenvalue weighted by molar-refractivity contribution is 5.82. The van der Waals surface area contributed by atoms with Gasteiger partial charge in [0.2, 0.25) is 5.91 Å². The maximum atomic E-state index is 12.2. The number of amides is 1. The van der Waals surface area contributed by atoms with Crippen LogP contribution in [0.3, 0.4) is 0 Å². The summed E-state index contributed by atoms with van der Waals surface area (Å²) in [6.45, 7) is 2.51. The molecule has 2 aliphatic rings. The van der Waals surface area contributed by atoms with Crippen molar-refractivity contribution in [2.24, 2.45) is 5.92 Å². The Morgan fingerprint density at radius 1 is 1.41 bits per heavy atom. The minimum Gasteiger partial charge on any atom is -0.381 e. The van der Waals surface area contributed by atoms with Crippen molar-refractivity contribution in [3.05, 3.63) is 30.1 Å². The lowest BCUT2D eigenvalue weighted by Gasteiger charge is -2.11. The number of aromatic nitrogens is 1. The van der Waals surface area contributed by atoms with E-state index in [4.69, 9.17) is 4.74 Å². The van der Waals surface area contributed by atoms with Crippen molar-refractivity contribution in [3.63, 3.8) is 0 Å². The molecular weight excluding hydrogens is 280 g/mol. The molecule has 1 amide bonds. The van der Waals surface area contributed by atoms with Crippen LogP contribution in [0, 0.1) is 5.92 Å². The van der Waals surface area contributed by atoms with Crippen molar-refractivity contribution < 1.29 is 9.53 Å². The Labute approximate surface area is 131 Å². The van der Waals surface area contributed by atoms with Crippen LogP contribution in [0.1, 0.15) is 37.4 Å². The predicted octanol–water partition coefficient (Wildman–Crippen LogP) is 0.922. The second-order valence-corrected chi connectivity index (χ2v) is 6.05. The molecule has 6 nitrogen and oxygen atoms in total. The van der Waals surface area contributed by atoms with E-state index in [1.54, 1.807) is 6.20 Å². The number of hydrogen-bond donors (Lipinski definition) is 3. The van der Waals surface area contributed by atoms with Crippen LogP contribution in [-0.2, 0) is 9.53 Å². The summed E-state index contributed by atoms with van der Waals surface area (Å²) < 4.78 is 5.36. The summed E-state index contributed by atoms with van der Waals surface area (Å²) in [6, 6.07) is 5.73. The van der Waals surface area contributed by atoms with Crippen molar-refractivity contribution in [2.75, 3.05) is 19.8 Å². The zero-order valence-electron chi connectivity index (χ0n) is 12.8. The summed E-state index contributed by atoms with van der Waals surface area (Å²) in [5, 5.41) is 3.02. The van der Waals surface area contributed by atoms with Gasteiger partial charge in [-0.3, -0.25) is 9.78 Å². The first-order valence-electron chi connectivity index (χ1n) is 8.10. The molecule has 3 heterocycles. The molecule has 2 saturated heterocycles. The van der Waals surface area contributed by atoms with Gasteiger partial charge in [-0.05, 0) is 43.7 Å². The molecule has 120 valence electrons. The maximum Gasteiger partial charge on any atom is 0.238 e. The van der Waals surface area contributed by atoms with E-state index in [9.17, 15) is 4.79 Å². The van der Waals surface area contributed by atoms with Crippen LogP contribution in [0.25, 0.3) is 0 Å². The van der Waals surface area contributed by atoms with E-state index in [0.29, 0.717) is 5.92 Å². The molecule has 6 heteroatoms. The Hall–Kier alpha value is -1.50. The molecule has 22 heavy (non-hydrogen) atoms. The first-order chi connectivity index (χ1) is 10.8. The lowest BCUT2D eigenvalue weighted by atomic mass is 10.0. The second-order valence-electron chi connectivity index (χ2n) is 6.05. The van der Waals surface area contributed by atoms with Gasteiger partial charge in [0.05, 0.1) is 11.7 Å². The zero-order chi connectivity index (χ0) is 15.2. The monoisotopic (exact) mass is 304 g/mol. The van der Waals surface area contributed by atoms with Crippen molar-refractivity contribution in [2.45, 2.75) is 37.8 Å². The standard InChI is InChI=1S/C16H24N4O2/c21-16(18-8-3-4-12-6-9-22-11-12)15-10-14(19-20-15)13-5-1-2-7-17-13/h1-2,5,7,12,14-15,19-20H,3-4,6,8-11H2,(H,18,21). The molecule has 0 aliphatic carbocycles. The van der Waals surface area contributed by atoms with Gasteiger partial charge in [0, 0.05) is 26.0 Å². The van der Waals surface area contributed by atoms with Crippen LogP contribution in [-0.4, -0.2) is 36.7 Å². The lowest BCUT2D eigenvalue weighted by molar-refractivity contribution is -0.122. The normalized spacial score (nSPS) is 27.9. The highest BCUT2D eigenvalue weighted by Gasteiger charge is 2.30. The molecule has 1 aromatic rings. The molecule has 3 atom stereocenters.